The number of hydrogen-bond acceptors (Lipinski definition) is 4. The Bertz CT molecular complexity index is 778. The molecule has 1 saturated carbocycles. The molecule has 2 fully saturated rings. The molecule has 5 nitrogen and oxygen atoms in total. The minimum Gasteiger partial charge on any atom is -0.440 e. The van der Waals surface area contributed by atoms with Gasteiger partial charge in [0.05, 0.1) is 0 Å². The van der Waals surface area contributed by atoms with Gasteiger partial charge in [-0.15, -0.1) is 0 Å². The summed E-state index contributed by atoms with van der Waals surface area (Å²) in [6, 6.07) is 6.50. The molecular weight excluding hydrogens is 314 g/mol. The Morgan fingerprint density at radius 3 is 2.56 bits per heavy atom. The van der Waals surface area contributed by atoms with Crippen LogP contribution in [0.4, 0.5) is 5.69 Å². The van der Waals surface area contributed by atoms with Gasteiger partial charge in [-0.25, -0.2) is 4.98 Å². The van der Waals surface area contributed by atoms with Crippen molar-refractivity contribution in [3.05, 3.63) is 24.1 Å². The van der Waals surface area contributed by atoms with Gasteiger partial charge in [-0.05, 0) is 57.0 Å². The van der Waals surface area contributed by atoms with Crippen molar-refractivity contribution >= 4 is 22.7 Å². The number of benzene rings is 1. The zero-order chi connectivity index (χ0) is 17.6. The van der Waals surface area contributed by atoms with Crippen LogP contribution in [-0.4, -0.2) is 34.9 Å². The monoisotopic (exact) mass is 341 g/mol. The summed E-state index contributed by atoms with van der Waals surface area (Å²) in [5.74, 6) is 0.973. The molecule has 1 amide bonds. The first-order valence-corrected chi connectivity index (χ1v) is 9.36. The second kappa shape index (κ2) is 6.13. The summed E-state index contributed by atoms with van der Waals surface area (Å²) < 4.78 is 5.82. The first kappa shape index (κ1) is 16.6. The van der Waals surface area contributed by atoms with Crippen molar-refractivity contribution in [2.24, 2.45) is 5.92 Å². The van der Waals surface area contributed by atoms with E-state index in [1.807, 2.05) is 18.2 Å². The molecular formula is C20H27N3O2. The Hall–Kier alpha value is -1.88. The average molecular weight is 341 g/mol. The molecule has 0 bridgehead atoms. The van der Waals surface area contributed by atoms with Gasteiger partial charge in [-0.2, -0.15) is 0 Å². The molecule has 25 heavy (non-hydrogen) atoms. The minimum atomic E-state index is -0.127. The normalized spacial score (nSPS) is 20.1. The van der Waals surface area contributed by atoms with E-state index >= 15 is 0 Å². The Morgan fingerprint density at radius 2 is 1.92 bits per heavy atom. The van der Waals surface area contributed by atoms with Crippen LogP contribution in [0.5, 0.6) is 0 Å². The number of oxazole rings is 1. The van der Waals surface area contributed by atoms with Crippen molar-refractivity contribution in [1.82, 2.24) is 9.88 Å². The summed E-state index contributed by atoms with van der Waals surface area (Å²) in [4.78, 5) is 19.7. The molecule has 2 heterocycles. The molecule has 5 heteroatoms. The van der Waals surface area contributed by atoms with E-state index in [-0.39, 0.29) is 17.2 Å². The number of nitrogens with one attached hydrogen (secondary N) is 1. The molecule has 0 radical (unpaired) electrons. The third-order valence-corrected chi connectivity index (χ3v) is 5.26. The maximum Gasteiger partial charge on any atom is 0.227 e. The molecule has 1 aliphatic carbocycles. The standard InChI is InChI=1S/C20H27N3O2/c1-20(2,3)19-22-16-12-14(4-7-17(16)25-19)21-18(24)13-8-10-23(11-9-13)15-5-6-15/h4,7,12-13,15H,5-6,8-11H2,1-3H3,(H,21,24). The molecule has 0 spiro atoms. The maximum atomic E-state index is 12.6. The molecule has 4 rings (SSSR count). The largest absolute Gasteiger partial charge is 0.440 e. The lowest BCUT2D eigenvalue weighted by molar-refractivity contribution is -0.121. The van der Waals surface area contributed by atoms with Crippen LogP contribution in [0.3, 0.4) is 0 Å². The highest BCUT2D eigenvalue weighted by atomic mass is 16.3. The van der Waals surface area contributed by atoms with Gasteiger partial charge in [0.1, 0.15) is 5.52 Å². The molecule has 1 saturated heterocycles. The van der Waals surface area contributed by atoms with E-state index in [1.165, 1.54) is 12.8 Å². The molecule has 0 atom stereocenters. The van der Waals surface area contributed by atoms with Crippen LogP contribution in [0.1, 0.15) is 52.3 Å². The number of rotatable bonds is 3. The number of carbonyl (C=O) groups is 1. The number of nitrogens with zero attached hydrogens (tertiary/aromatic N) is 2. The van der Waals surface area contributed by atoms with Crippen molar-refractivity contribution in [2.45, 2.75) is 57.9 Å². The SMILES string of the molecule is CC(C)(C)c1nc2cc(NC(=O)C3CCN(C4CC4)CC3)ccc2o1. The molecule has 1 aromatic heterocycles. The molecule has 1 aliphatic heterocycles. The fraction of sp³-hybridized carbons (Fsp3) is 0.600. The molecule has 2 aliphatic rings. The summed E-state index contributed by atoms with van der Waals surface area (Å²) in [5.41, 5.74) is 2.24. The summed E-state index contributed by atoms with van der Waals surface area (Å²) in [5, 5.41) is 3.07. The summed E-state index contributed by atoms with van der Waals surface area (Å²) in [6.45, 7) is 8.34. The number of likely N-dealkylation sites (tertiary alicyclic amines) is 1. The molecule has 1 N–H and O–H groups in total. The van der Waals surface area contributed by atoms with Crippen LogP contribution >= 0.6 is 0 Å². The van der Waals surface area contributed by atoms with E-state index in [9.17, 15) is 4.79 Å². The van der Waals surface area contributed by atoms with Crippen molar-refractivity contribution in [3.8, 4) is 0 Å². The summed E-state index contributed by atoms with van der Waals surface area (Å²) in [7, 11) is 0. The number of fused-ring (bicyclic) bond motifs is 1. The Balaban J connectivity index is 1.42. The summed E-state index contributed by atoms with van der Waals surface area (Å²) in [6.07, 6.45) is 4.60. The molecule has 134 valence electrons. The van der Waals surface area contributed by atoms with Gasteiger partial charge in [-0.3, -0.25) is 4.79 Å². The predicted octanol–water partition coefficient (Wildman–Crippen LogP) is 3.94. The van der Waals surface area contributed by atoms with Gasteiger partial charge in [0.2, 0.25) is 11.8 Å². The van der Waals surface area contributed by atoms with Crippen LogP contribution in [-0.2, 0) is 10.2 Å². The number of aromatic nitrogens is 1. The van der Waals surface area contributed by atoms with Crippen LogP contribution in [0.25, 0.3) is 11.1 Å². The number of carbonyl (C=O) groups excluding carboxylic acids is 1. The van der Waals surface area contributed by atoms with E-state index in [2.05, 4.69) is 36.0 Å². The first-order valence-electron chi connectivity index (χ1n) is 9.36. The maximum absolute atomic E-state index is 12.6. The average Bonchev–Trinajstić information content (AvgIpc) is 3.33. The van der Waals surface area contributed by atoms with E-state index < -0.39 is 0 Å². The van der Waals surface area contributed by atoms with Crippen molar-refractivity contribution in [2.75, 3.05) is 18.4 Å². The lowest BCUT2D eigenvalue weighted by Gasteiger charge is -2.31. The van der Waals surface area contributed by atoms with Crippen LogP contribution < -0.4 is 5.32 Å². The van der Waals surface area contributed by atoms with Gasteiger partial charge in [0.15, 0.2) is 5.58 Å². The van der Waals surface area contributed by atoms with Gasteiger partial charge in [-0.1, -0.05) is 20.8 Å². The van der Waals surface area contributed by atoms with Crippen molar-refractivity contribution in [3.63, 3.8) is 0 Å². The minimum absolute atomic E-state index is 0.119. The Kier molecular flexibility index (Phi) is 4.07. The number of anilines is 1. The Morgan fingerprint density at radius 1 is 1.20 bits per heavy atom. The first-order chi connectivity index (χ1) is 11.9. The lowest BCUT2D eigenvalue weighted by Crippen LogP contribution is -2.39. The lowest BCUT2D eigenvalue weighted by atomic mass is 9.95. The topological polar surface area (TPSA) is 58.4 Å². The zero-order valence-corrected chi connectivity index (χ0v) is 15.3. The quantitative estimate of drug-likeness (QED) is 0.919. The number of hydrogen-bond donors (Lipinski definition) is 1. The van der Waals surface area contributed by atoms with Gasteiger partial charge in [0, 0.05) is 23.1 Å². The van der Waals surface area contributed by atoms with Gasteiger partial charge in [0.25, 0.3) is 0 Å². The van der Waals surface area contributed by atoms with Gasteiger partial charge >= 0.3 is 0 Å². The molecule has 0 unspecified atom stereocenters. The van der Waals surface area contributed by atoms with Crippen LogP contribution in [0.15, 0.2) is 22.6 Å². The van der Waals surface area contributed by atoms with E-state index in [0.717, 1.165) is 54.7 Å². The number of piperidine rings is 1. The van der Waals surface area contributed by atoms with Crippen molar-refractivity contribution in [1.29, 1.82) is 0 Å². The highest BCUT2D eigenvalue weighted by Crippen LogP contribution is 2.31. The van der Waals surface area contributed by atoms with Crippen LogP contribution in [0, 0.1) is 5.92 Å². The molecule has 2 aromatic rings. The van der Waals surface area contributed by atoms with Crippen molar-refractivity contribution < 1.29 is 9.21 Å². The Labute approximate surface area is 148 Å². The van der Waals surface area contributed by atoms with E-state index in [1.54, 1.807) is 0 Å². The third kappa shape index (κ3) is 3.56. The van der Waals surface area contributed by atoms with E-state index in [0.29, 0.717) is 0 Å². The van der Waals surface area contributed by atoms with Gasteiger partial charge < -0.3 is 14.6 Å². The number of amides is 1. The smallest absolute Gasteiger partial charge is 0.227 e. The highest BCUT2D eigenvalue weighted by Gasteiger charge is 2.33. The third-order valence-electron chi connectivity index (χ3n) is 5.26. The van der Waals surface area contributed by atoms with E-state index in [4.69, 9.17) is 4.42 Å². The zero-order valence-electron chi connectivity index (χ0n) is 15.3. The van der Waals surface area contributed by atoms with Crippen LogP contribution in [0.2, 0.25) is 0 Å². The molecule has 1 aromatic carbocycles. The fourth-order valence-electron chi connectivity index (χ4n) is 3.54. The second-order valence-corrected chi connectivity index (χ2v) is 8.48. The summed E-state index contributed by atoms with van der Waals surface area (Å²) >= 11 is 0. The second-order valence-electron chi connectivity index (χ2n) is 8.48. The fourth-order valence-corrected chi connectivity index (χ4v) is 3.54. The predicted molar refractivity (Wildman–Crippen MR) is 98.7 cm³/mol. The highest BCUT2D eigenvalue weighted by molar-refractivity contribution is 5.94.